The minimum Gasteiger partial charge on any atom is -0.361 e. The number of hydrogen-bond acceptors (Lipinski definition) is 2. The van der Waals surface area contributed by atoms with Crippen molar-refractivity contribution in [3.63, 3.8) is 0 Å². The molecule has 0 aliphatic heterocycles. The summed E-state index contributed by atoms with van der Waals surface area (Å²) in [6, 6.07) is 10.9. The zero-order valence-corrected chi connectivity index (χ0v) is 11.4. The van der Waals surface area contributed by atoms with Crippen molar-refractivity contribution in [2.45, 2.75) is 6.10 Å². The van der Waals surface area contributed by atoms with E-state index in [4.69, 9.17) is 10.2 Å². The molecule has 1 heterocycles. The van der Waals surface area contributed by atoms with Gasteiger partial charge in [-0.2, -0.15) is 5.10 Å². The number of ether oxygens (including phenoxy) is 1. The fraction of sp³-hybridized carbons (Fsp3) is 0.400. The summed E-state index contributed by atoms with van der Waals surface area (Å²) in [5.74, 6) is 0. The molecule has 4 heteroatoms. The summed E-state index contributed by atoms with van der Waals surface area (Å²) in [5.41, 5.74) is 1.40. The average molecular weight is 264 g/mol. The van der Waals surface area contributed by atoms with Gasteiger partial charge in [0.25, 0.3) is 0 Å². The van der Waals surface area contributed by atoms with Crippen LogP contribution < -0.4 is 4.90 Å². The van der Waals surface area contributed by atoms with Crippen molar-refractivity contribution in [3.05, 3.63) is 53.9 Å². The maximum atomic E-state index is 8.13. The predicted molar refractivity (Wildman–Crippen MR) is 75.1 cm³/mol. The van der Waals surface area contributed by atoms with Gasteiger partial charge in [0, 0.05) is 13.2 Å². The smallest absolute Gasteiger partial charge is 0.124 e. The highest BCUT2D eigenvalue weighted by Crippen LogP contribution is 2.24. The van der Waals surface area contributed by atoms with Crippen LogP contribution in [0.15, 0.2) is 42.6 Å². The van der Waals surface area contributed by atoms with Gasteiger partial charge in [0.2, 0.25) is 0 Å². The molecule has 0 aliphatic carbocycles. The Labute approximate surface area is 120 Å². The number of nitrogens with one attached hydrogen (secondary N) is 1. The molecule has 1 aromatic heterocycles. The highest BCUT2D eigenvalue weighted by atomic mass is 16.5. The zero-order chi connectivity index (χ0) is 17.3. The lowest BCUT2D eigenvalue weighted by molar-refractivity contribution is -0.858. The van der Waals surface area contributed by atoms with Crippen LogP contribution in [0.1, 0.15) is 22.8 Å². The summed E-state index contributed by atoms with van der Waals surface area (Å²) in [7, 11) is 4.86. The molecule has 1 N–H and O–H groups in total. The van der Waals surface area contributed by atoms with E-state index >= 15 is 0 Å². The number of likely N-dealkylation sites (N-methyl/N-ethyl adjacent to an activating group) is 1. The average Bonchev–Trinajstić information content (AvgIpc) is 2.91. The second-order valence-electron chi connectivity index (χ2n) is 4.52. The number of nitrogens with zero attached hydrogens (tertiary/aromatic N) is 2. The Hall–Kier alpha value is -1.65. The molecule has 2 rings (SSSR count). The quantitative estimate of drug-likeness (QED) is 0.831. The largest absolute Gasteiger partial charge is 0.361 e. The van der Waals surface area contributed by atoms with E-state index < -0.39 is 19.2 Å². The third kappa shape index (κ3) is 3.66. The zero-order valence-electron chi connectivity index (χ0n) is 15.4. The molecule has 1 unspecified atom stereocenters. The summed E-state index contributed by atoms with van der Waals surface area (Å²) >= 11 is 0. The molecule has 0 aliphatic rings. The van der Waals surface area contributed by atoms with Gasteiger partial charge in [-0.15, -0.1) is 0 Å². The Morgan fingerprint density at radius 2 is 2.05 bits per heavy atom. The van der Waals surface area contributed by atoms with Gasteiger partial charge in [0.15, 0.2) is 0 Å². The molecule has 0 bridgehead atoms. The molecule has 1 atom stereocenters. The van der Waals surface area contributed by atoms with Crippen LogP contribution in [0.25, 0.3) is 0 Å². The number of aromatic nitrogens is 2. The number of rotatable bonds is 6. The SMILES string of the molecule is [2H]C([2H])(OC(c1ccccc1)c1ccnn1C)C([2H])([2H])[NH+](C)C. The van der Waals surface area contributed by atoms with Crippen LogP contribution in [0.4, 0.5) is 0 Å². The number of hydrogen-bond donors (Lipinski definition) is 1. The fourth-order valence-corrected chi connectivity index (χ4v) is 1.76. The Kier molecular flexibility index (Phi) is 3.18. The lowest BCUT2D eigenvalue weighted by atomic mass is 10.1. The van der Waals surface area contributed by atoms with E-state index in [0.29, 0.717) is 10.6 Å². The molecule has 1 aromatic carbocycles. The second kappa shape index (κ2) is 6.50. The fourth-order valence-electron chi connectivity index (χ4n) is 1.76. The number of aryl methyl sites for hydroxylation is 1. The van der Waals surface area contributed by atoms with Gasteiger partial charge in [-0.05, 0) is 11.6 Å². The summed E-state index contributed by atoms with van der Waals surface area (Å²) < 4.78 is 39.6. The van der Waals surface area contributed by atoms with Gasteiger partial charge in [-0.25, -0.2) is 0 Å². The van der Waals surface area contributed by atoms with E-state index in [1.807, 2.05) is 30.3 Å². The van der Waals surface area contributed by atoms with Crippen molar-refractivity contribution >= 4 is 0 Å². The van der Waals surface area contributed by atoms with Gasteiger partial charge in [0.05, 0.1) is 31.8 Å². The molecule has 0 spiro atoms. The van der Waals surface area contributed by atoms with Crippen molar-refractivity contribution in [2.24, 2.45) is 7.05 Å². The first kappa shape index (κ1) is 9.28. The molecular weight excluding hydrogens is 238 g/mol. The molecule has 0 radical (unpaired) electrons. The van der Waals surface area contributed by atoms with Crippen LogP contribution in [-0.4, -0.2) is 36.9 Å². The standard InChI is InChI=1S/C15H21N3O/c1-17(2)11-12-19-15(13-7-5-4-6-8-13)14-9-10-16-18(14)3/h4-10,15H,11-12H2,1-3H3/p+1/i11D2,12D2. The van der Waals surface area contributed by atoms with Gasteiger partial charge >= 0.3 is 0 Å². The normalized spacial score (nSPS) is 17.5. The molecular formula is C15H22N3O+. The molecule has 2 aromatic rings. The topological polar surface area (TPSA) is 31.5 Å². The van der Waals surface area contributed by atoms with Gasteiger partial charge in [-0.3, -0.25) is 4.68 Å². The Balaban J connectivity index is 2.42. The van der Waals surface area contributed by atoms with E-state index in [2.05, 4.69) is 5.10 Å². The van der Waals surface area contributed by atoms with Crippen molar-refractivity contribution in [2.75, 3.05) is 27.2 Å². The maximum Gasteiger partial charge on any atom is 0.124 e. The maximum absolute atomic E-state index is 8.13. The van der Waals surface area contributed by atoms with Crippen LogP contribution in [0, 0.1) is 0 Å². The van der Waals surface area contributed by atoms with Gasteiger partial charge in [-0.1, -0.05) is 30.3 Å². The Bertz CT molecular complexity index is 643. The minimum absolute atomic E-state index is 0.319. The van der Waals surface area contributed by atoms with E-state index in [-0.39, 0.29) is 0 Å². The highest BCUT2D eigenvalue weighted by Gasteiger charge is 2.18. The van der Waals surface area contributed by atoms with Crippen LogP contribution >= 0.6 is 0 Å². The first-order chi connectivity index (χ1) is 10.7. The number of quaternary nitrogens is 1. The third-order valence-electron chi connectivity index (χ3n) is 2.71. The van der Waals surface area contributed by atoms with Crippen LogP contribution in [0.5, 0.6) is 0 Å². The highest BCUT2D eigenvalue weighted by molar-refractivity contribution is 5.25. The molecule has 0 saturated carbocycles. The lowest BCUT2D eigenvalue weighted by Crippen LogP contribution is -3.06. The molecule has 102 valence electrons. The Morgan fingerprint density at radius 3 is 2.63 bits per heavy atom. The summed E-state index contributed by atoms with van der Waals surface area (Å²) in [5, 5.41) is 4.11. The third-order valence-corrected chi connectivity index (χ3v) is 2.71. The summed E-state index contributed by atoms with van der Waals surface area (Å²) in [6.45, 7) is -4.70. The molecule has 4 nitrogen and oxygen atoms in total. The van der Waals surface area contributed by atoms with Gasteiger partial charge < -0.3 is 9.64 Å². The molecule has 0 fully saturated rings. The molecule has 19 heavy (non-hydrogen) atoms. The Morgan fingerprint density at radius 1 is 1.32 bits per heavy atom. The van der Waals surface area contributed by atoms with E-state index in [1.165, 1.54) is 0 Å². The van der Waals surface area contributed by atoms with Crippen LogP contribution in [0.2, 0.25) is 0 Å². The van der Waals surface area contributed by atoms with E-state index in [9.17, 15) is 0 Å². The number of benzene rings is 1. The van der Waals surface area contributed by atoms with Crippen molar-refractivity contribution in [1.82, 2.24) is 9.78 Å². The summed E-state index contributed by atoms with van der Waals surface area (Å²) in [6.07, 6.45) is 0.851. The first-order valence-corrected chi connectivity index (χ1v) is 6.18. The van der Waals surface area contributed by atoms with Crippen LogP contribution in [-0.2, 0) is 11.8 Å². The first-order valence-electron chi connectivity index (χ1n) is 8.18. The molecule has 0 saturated heterocycles. The lowest BCUT2D eigenvalue weighted by Gasteiger charge is -2.19. The van der Waals surface area contributed by atoms with E-state index in [0.717, 1.165) is 5.56 Å². The van der Waals surface area contributed by atoms with Crippen molar-refractivity contribution < 1.29 is 15.1 Å². The van der Waals surface area contributed by atoms with Crippen molar-refractivity contribution in [1.29, 1.82) is 0 Å². The molecule has 0 amide bonds. The predicted octanol–water partition coefficient (Wildman–Crippen LogP) is 0.671. The monoisotopic (exact) mass is 264 g/mol. The summed E-state index contributed by atoms with van der Waals surface area (Å²) in [4.78, 5) is 0.319. The van der Waals surface area contributed by atoms with Crippen LogP contribution in [0.3, 0.4) is 0 Å². The van der Waals surface area contributed by atoms with Gasteiger partial charge in [0.1, 0.15) is 12.6 Å². The van der Waals surface area contributed by atoms with Crippen molar-refractivity contribution in [3.8, 4) is 0 Å². The second-order valence-corrected chi connectivity index (χ2v) is 4.52. The van der Waals surface area contributed by atoms with E-state index in [1.54, 1.807) is 38.1 Å². The minimum atomic E-state index is -2.49.